The van der Waals surface area contributed by atoms with Crippen molar-refractivity contribution in [2.24, 2.45) is 5.73 Å². The Morgan fingerprint density at radius 2 is 1.94 bits per heavy atom. The van der Waals surface area contributed by atoms with Gasteiger partial charge < -0.3 is 20.4 Å². The lowest BCUT2D eigenvalue weighted by Gasteiger charge is -2.19. The van der Waals surface area contributed by atoms with Crippen molar-refractivity contribution >= 4 is 34.9 Å². The molecule has 11 heteroatoms. The molecular formula is C23H27FN6O4. The molecule has 0 unspecified atom stereocenters. The van der Waals surface area contributed by atoms with Gasteiger partial charge in [0.05, 0.1) is 16.6 Å². The molecule has 0 radical (unpaired) electrons. The van der Waals surface area contributed by atoms with E-state index in [2.05, 4.69) is 20.6 Å². The van der Waals surface area contributed by atoms with Crippen LogP contribution in [0.4, 0.5) is 15.1 Å². The van der Waals surface area contributed by atoms with Gasteiger partial charge in [-0.3, -0.25) is 14.9 Å². The van der Waals surface area contributed by atoms with Gasteiger partial charge in [-0.25, -0.2) is 14.8 Å². The van der Waals surface area contributed by atoms with Crippen molar-refractivity contribution in [1.82, 2.24) is 19.9 Å². The largest absolute Gasteiger partial charge is 0.444 e. The highest BCUT2D eigenvalue weighted by molar-refractivity contribution is 6.04. The first kappa shape index (κ1) is 24.6. The first-order chi connectivity index (χ1) is 16.0. The molecular weight excluding hydrogens is 443 g/mol. The van der Waals surface area contributed by atoms with Crippen molar-refractivity contribution in [3.05, 3.63) is 53.6 Å². The van der Waals surface area contributed by atoms with Gasteiger partial charge in [0.15, 0.2) is 0 Å². The highest BCUT2D eigenvalue weighted by Crippen LogP contribution is 2.23. The Bertz CT molecular complexity index is 1220. The number of rotatable bonds is 8. The zero-order valence-corrected chi connectivity index (χ0v) is 19.2. The third-order valence-corrected chi connectivity index (χ3v) is 4.74. The number of ether oxygens (including phenoxy) is 1. The number of halogens is 1. The van der Waals surface area contributed by atoms with Crippen LogP contribution in [0.15, 0.2) is 36.5 Å². The summed E-state index contributed by atoms with van der Waals surface area (Å²) in [5.41, 5.74) is 5.94. The summed E-state index contributed by atoms with van der Waals surface area (Å²) in [6.45, 7) is 6.19. The number of nitrogens with zero attached hydrogens (tertiary/aromatic N) is 3. The average molecular weight is 471 g/mol. The molecule has 0 spiro atoms. The number of amides is 3. The van der Waals surface area contributed by atoms with Crippen molar-refractivity contribution < 1.29 is 23.5 Å². The molecule has 34 heavy (non-hydrogen) atoms. The number of nitrogens with one attached hydrogen (secondary N) is 2. The molecule has 10 nitrogen and oxygen atoms in total. The molecule has 180 valence electrons. The number of aryl methyl sites for hydroxylation is 1. The predicted octanol–water partition coefficient (Wildman–Crippen LogP) is 3.23. The Morgan fingerprint density at radius 3 is 2.62 bits per heavy atom. The zero-order chi connectivity index (χ0) is 24.9. The van der Waals surface area contributed by atoms with Crippen molar-refractivity contribution in [2.45, 2.75) is 45.8 Å². The minimum atomic E-state index is -0.896. The summed E-state index contributed by atoms with van der Waals surface area (Å²) in [6.07, 6.45) is 2.01. The van der Waals surface area contributed by atoms with Gasteiger partial charge in [-0.05, 0) is 63.9 Å². The highest BCUT2D eigenvalue weighted by atomic mass is 19.1. The van der Waals surface area contributed by atoms with Gasteiger partial charge in [-0.2, -0.15) is 4.39 Å². The van der Waals surface area contributed by atoms with E-state index in [1.807, 2.05) is 0 Å². The number of fused-ring (bicyclic) bond motifs is 1. The molecule has 0 saturated heterocycles. The van der Waals surface area contributed by atoms with E-state index >= 15 is 0 Å². The van der Waals surface area contributed by atoms with E-state index in [9.17, 15) is 18.8 Å². The summed E-state index contributed by atoms with van der Waals surface area (Å²) in [4.78, 5) is 43.9. The highest BCUT2D eigenvalue weighted by Gasteiger charge is 2.19. The molecule has 0 aliphatic rings. The number of benzene rings is 1. The minimum Gasteiger partial charge on any atom is -0.444 e. The van der Waals surface area contributed by atoms with Crippen LogP contribution in [-0.2, 0) is 11.3 Å². The number of pyridine rings is 1. The summed E-state index contributed by atoms with van der Waals surface area (Å²) in [5, 5.41) is 5.31. The van der Waals surface area contributed by atoms with E-state index in [1.54, 1.807) is 37.5 Å². The van der Waals surface area contributed by atoms with Crippen LogP contribution in [0.2, 0.25) is 0 Å². The smallest absolute Gasteiger partial charge is 0.407 e. The Labute approximate surface area is 195 Å². The maximum Gasteiger partial charge on any atom is 0.407 e. The maximum absolute atomic E-state index is 13.9. The van der Waals surface area contributed by atoms with Crippen LogP contribution in [0.3, 0.4) is 0 Å². The lowest BCUT2D eigenvalue weighted by molar-refractivity contribution is 0.0526. The summed E-state index contributed by atoms with van der Waals surface area (Å²) >= 11 is 0. The fourth-order valence-corrected chi connectivity index (χ4v) is 3.23. The van der Waals surface area contributed by atoms with Gasteiger partial charge >= 0.3 is 6.09 Å². The molecule has 1 aromatic carbocycles. The Morgan fingerprint density at radius 1 is 1.18 bits per heavy atom. The molecule has 0 saturated carbocycles. The maximum atomic E-state index is 13.9. The summed E-state index contributed by atoms with van der Waals surface area (Å²) < 4.78 is 20.9. The molecule has 2 heterocycles. The average Bonchev–Trinajstić information content (AvgIpc) is 3.08. The molecule has 4 N–H and O–H groups in total. The second-order valence-electron chi connectivity index (χ2n) is 8.59. The van der Waals surface area contributed by atoms with E-state index in [0.29, 0.717) is 37.0 Å². The second kappa shape index (κ2) is 10.3. The fourth-order valence-electron chi connectivity index (χ4n) is 3.23. The monoisotopic (exact) mass is 470 g/mol. The van der Waals surface area contributed by atoms with E-state index < -0.39 is 29.5 Å². The van der Waals surface area contributed by atoms with Crippen LogP contribution < -0.4 is 16.4 Å². The summed E-state index contributed by atoms with van der Waals surface area (Å²) in [5.74, 6) is -2.02. The number of carbonyl (C=O) groups is 3. The number of primary amides is 1. The van der Waals surface area contributed by atoms with Crippen LogP contribution in [0, 0.1) is 5.95 Å². The molecule has 0 aliphatic carbocycles. The van der Waals surface area contributed by atoms with E-state index in [-0.39, 0.29) is 17.1 Å². The van der Waals surface area contributed by atoms with Crippen LogP contribution in [0.1, 0.15) is 54.3 Å². The normalized spacial score (nSPS) is 11.3. The number of aromatic nitrogens is 3. The van der Waals surface area contributed by atoms with Crippen LogP contribution >= 0.6 is 0 Å². The lowest BCUT2D eigenvalue weighted by Crippen LogP contribution is -2.33. The fraction of sp³-hybridized carbons (Fsp3) is 0.348. The van der Waals surface area contributed by atoms with Crippen molar-refractivity contribution in [3.8, 4) is 0 Å². The van der Waals surface area contributed by atoms with Gasteiger partial charge in [0.25, 0.3) is 5.91 Å². The number of hydrogen-bond acceptors (Lipinski definition) is 6. The quantitative estimate of drug-likeness (QED) is 0.341. The molecule has 0 bridgehead atoms. The number of anilines is 1. The van der Waals surface area contributed by atoms with Gasteiger partial charge in [0, 0.05) is 24.8 Å². The molecule has 3 rings (SSSR count). The third kappa shape index (κ3) is 6.27. The Hall–Kier alpha value is -4.02. The topological polar surface area (TPSA) is 141 Å². The number of alkyl carbamates (subject to hydrolysis) is 1. The molecule has 3 aromatic rings. The first-order valence-corrected chi connectivity index (χ1v) is 10.7. The van der Waals surface area contributed by atoms with E-state index in [4.69, 9.17) is 10.5 Å². The number of unbranched alkanes of at least 4 members (excludes halogenated alkanes) is 1. The third-order valence-electron chi connectivity index (χ3n) is 4.74. The Balaban J connectivity index is 1.75. The second-order valence-corrected chi connectivity index (χ2v) is 8.59. The lowest BCUT2D eigenvalue weighted by atomic mass is 10.2. The molecule has 3 amide bonds. The van der Waals surface area contributed by atoms with Crippen LogP contribution in [-0.4, -0.2) is 44.6 Å². The SMILES string of the molecule is CC(C)(C)OC(=O)NCCCCn1c(NC(=O)c2cccnc2F)nc2cc(C(N)=O)ccc21. The number of nitrogens with two attached hydrogens (primary N) is 1. The van der Waals surface area contributed by atoms with Gasteiger partial charge in [0.2, 0.25) is 17.8 Å². The number of carbonyl (C=O) groups excluding carboxylic acids is 3. The van der Waals surface area contributed by atoms with Crippen molar-refractivity contribution in [2.75, 3.05) is 11.9 Å². The van der Waals surface area contributed by atoms with E-state index in [1.165, 1.54) is 24.4 Å². The zero-order valence-electron chi connectivity index (χ0n) is 19.2. The van der Waals surface area contributed by atoms with Gasteiger partial charge in [0.1, 0.15) is 5.60 Å². The minimum absolute atomic E-state index is 0.185. The van der Waals surface area contributed by atoms with Gasteiger partial charge in [-0.15, -0.1) is 0 Å². The molecule has 2 aromatic heterocycles. The van der Waals surface area contributed by atoms with Crippen molar-refractivity contribution in [3.63, 3.8) is 0 Å². The van der Waals surface area contributed by atoms with Crippen molar-refractivity contribution in [1.29, 1.82) is 0 Å². The summed E-state index contributed by atoms with van der Waals surface area (Å²) in [6, 6.07) is 7.55. The van der Waals surface area contributed by atoms with Crippen LogP contribution in [0.5, 0.6) is 0 Å². The summed E-state index contributed by atoms with van der Waals surface area (Å²) in [7, 11) is 0. The van der Waals surface area contributed by atoms with Crippen LogP contribution in [0.25, 0.3) is 11.0 Å². The number of hydrogen-bond donors (Lipinski definition) is 3. The van der Waals surface area contributed by atoms with E-state index in [0.717, 1.165) is 0 Å². The Kier molecular flexibility index (Phi) is 7.44. The standard InChI is InChI=1S/C23H27FN6O4/c1-23(2,3)34-22(33)27-10-4-5-12-30-17-9-8-14(19(25)31)13-16(17)28-21(30)29-20(32)15-7-6-11-26-18(15)24/h6-9,11,13H,4-5,10,12H2,1-3H3,(H2,25,31)(H,27,33)(H,28,29,32). The molecule has 0 aliphatic heterocycles. The first-order valence-electron chi connectivity index (χ1n) is 10.7. The molecule has 0 fully saturated rings. The number of imidazole rings is 1. The predicted molar refractivity (Wildman–Crippen MR) is 124 cm³/mol. The van der Waals surface area contributed by atoms with Gasteiger partial charge in [-0.1, -0.05) is 0 Å². The molecule has 0 atom stereocenters.